The Bertz CT molecular complexity index is 2080. The number of hydrogen-bond donors (Lipinski definition) is 0. The first-order chi connectivity index (χ1) is 23.5. The van der Waals surface area contributed by atoms with Gasteiger partial charge in [0.2, 0.25) is 5.88 Å². The Kier molecular flexibility index (Phi) is 8.06. The van der Waals surface area contributed by atoms with Gasteiger partial charge in [0.15, 0.2) is 5.82 Å². The van der Waals surface area contributed by atoms with Gasteiger partial charge in [-0.3, -0.25) is 9.88 Å². The van der Waals surface area contributed by atoms with Crippen LogP contribution in [0.25, 0.3) is 32.9 Å². The first kappa shape index (κ1) is 30.2. The van der Waals surface area contributed by atoms with Gasteiger partial charge in [0.25, 0.3) is 0 Å². The van der Waals surface area contributed by atoms with Crippen LogP contribution in [0.3, 0.4) is 0 Å². The lowest BCUT2D eigenvalue weighted by molar-refractivity contribution is 0.106. The van der Waals surface area contributed by atoms with Gasteiger partial charge in [-0.2, -0.15) is 9.97 Å². The SMILES string of the molecule is Fc1c(-c2cc(OCc3ccccc3)cc3ccccc23)ncc2c(OCc3ccccc3)nc(OC[C@@]34CCCN3C[C@H](F)C4)nc12. The Morgan fingerprint density at radius 2 is 1.54 bits per heavy atom. The normalized spacial score (nSPS) is 19.1. The molecule has 0 radical (unpaired) electrons. The third kappa shape index (κ3) is 5.90. The number of pyridine rings is 1. The number of fused-ring (bicyclic) bond motifs is 3. The van der Waals surface area contributed by atoms with Crippen molar-refractivity contribution < 1.29 is 23.0 Å². The lowest BCUT2D eigenvalue weighted by atomic mass is 9.95. The minimum absolute atomic E-state index is 0.0186. The highest BCUT2D eigenvalue weighted by molar-refractivity contribution is 5.99. The molecular formula is C39H34F2N4O3. The van der Waals surface area contributed by atoms with Crippen molar-refractivity contribution in [1.29, 1.82) is 0 Å². The summed E-state index contributed by atoms with van der Waals surface area (Å²) in [6, 6.07) is 31.0. The maximum absolute atomic E-state index is 16.8. The van der Waals surface area contributed by atoms with Gasteiger partial charge in [0.05, 0.1) is 10.9 Å². The second kappa shape index (κ2) is 12.8. The van der Waals surface area contributed by atoms with Crippen LogP contribution >= 0.6 is 0 Å². The van der Waals surface area contributed by atoms with Crippen molar-refractivity contribution in [3.05, 3.63) is 120 Å². The predicted molar refractivity (Wildman–Crippen MR) is 180 cm³/mol. The predicted octanol–water partition coefficient (Wildman–Crippen LogP) is 8.10. The lowest BCUT2D eigenvalue weighted by Crippen LogP contribution is -2.43. The third-order valence-electron chi connectivity index (χ3n) is 9.42. The van der Waals surface area contributed by atoms with Crippen LogP contribution in [0.1, 0.15) is 30.4 Å². The molecule has 2 aliphatic heterocycles. The zero-order valence-electron chi connectivity index (χ0n) is 26.3. The van der Waals surface area contributed by atoms with Crippen LogP contribution in [0, 0.1) is 5.82 Å². The number of halogens is 2. The van der Waals surface area contributed by atoms with Gasteiger partial charge in [-0.15, -0.1) is 0 Å². The fourth-order valence-electron chi connectivity index (χ4n) is 7.05. The van der Waals surface area contributed by atoms with Gasteiger partial charge in [-0.1, -0.05) is 84.9 Å². The molecule has 7 nitrogen and oxygen atoms in total. The van der Waals surface area contributed by atoms with Crippen LogP contribution in [-0.4, -0.2) is 51.3 Å². The molecule has 242 valence electrons. The van der Waals surface area contributed by atoms with Crippen LogP contribution in [0.5, 0.6) is 17.6 Å². The Morgan fingerprint density at radius 1 is 0.812 bits per heavy atom. The fraction of sp³-hybridized carbons (Fsp3) is 0.256. The third-order valence-corrected chi connectivity index (χ3v) is 9.42. The minimum Gasteiger partial charge on any atom is -0.489 e. The Labute approximate surface area is 277 Å². The van der Waals surface area contributed by atoms with E-state index in [0.29, 0.717) is 36.3 Å². The number of aromatic nitrogens is 3. The second-order valence-electron chi connectivity index (χ2n) is 12.6. The van der Waals surface area contributed by atoms with E-state index in [9.17, 15) is 4.39 Å². The average molecular weight is 645 g/mol. The summed E-state index contributed by atoms with van der Waals surface area (Å²) >= 11 is 0. The molecule has 0 unspecified atom stereocenters. The van der Waals surface area contributed by atoms with Gasteiger partial charge >= 0.3 is 6.01 Å². The van der Waals surface area contributed by atoms with E-state index in [1.807, 2.05) is 97.1 Å². The molecule has 0 bridgehead atoms. The smallest absolute Gasteiger partial charge is 0.320 e. The lowest BCUT2D eigenvalue weighted by Gasteiger charge is -2.30. The van der Waals surface area contributed by atoms with E-state index in [4.69, 9.17) is 14.2 Å². The number of hydrogen-bond acceptors (Lipinski definition) is 7. The quantitative estimate of drug-likeness (QED) is 0.149. The molecule has 4 heterocycles. The Balaban J connectivity index is 1.19. The van der Waals surface area contributed by atoms with E-state index in [0.717, 1.165) is 41.3 Å². The number of ether oxygens (including phenoxy) is 3. The molecular weight excluding hydrogens is 610 g/mol. The largest absolute Gasteiger partial charge is 0.489 e. The molecule has 8 rings (SSSR count). The van der Waals surface area contributed by atoms with Crippen molar-refractivity contribution in [1.82, 2.24) is 19.9 Å². The number of rotatable bonds is 10. The van der Waals surface area contributed by atoms with Gasteiger partial charge in [-0.05, 0) is 53.4 Å². The molecule has 9 heteroatoms. The Morgan fingerprint density at radius 3 is 2.33 bits per heavy atom. The van der Waals surface area contributed by atoms with E-state index >= 15 is 4.39 Å². The average Bonchev–Trinajstić information content (AvgIpc) is 3.65. The summed E-state index contributed by atoms with van der Waals surface area (Å²) in [7, 11) is 0. The summed E-state index contributed by atoms with van der Waals surface area (Å²) in [6.07, 6.45) is 2.86. The molecule has 2 aromatic heterocycles. The van der Waals surface area contributed by atoms with Crippen LogP contribution in [-0.2, 0) is 13.2 Å². The molecule has 0 saturated carbocycles. The first-order valence-electron chi connectivity index (χ1n) is 16.3. The highest BCUT2D eigenvalue weighted by Gasteiger charge is 2.49. The highest BCUT2D eigenvalue weighted by Crippen LogP contribution is 2.41. The van der Waals surface area contributed by atoms with Gasteiger partial charge in [0.1, 0.15) is 43.0 Å². The van der Waals surface area contributed by atoms with Crippen molar-refractivity contribution in [3.63, 3.8) is 0 Å². The topological polar surface area (TPSA) is 69.6 Å². The number of alkyl halides is 1. The Hall–Kier alpha value is -5.15. The fourth-order valence-corrected chi connectivity index (χ4v) is 7.05. The molecule has 0 amide bonds. The van der Waals surface area contributed by atoms with Crippen molar-refractivity contribution >= 4 is 21.7 Å². The molecule has 2 fully saturated rings. The maximum Gasteiger partial charge on any atom is 0.320 e. The van der Waals surface area contributed by atoms with E-state index in [1.54, 1.807) is 6.20 Å². The van der Waals surface area contributed by atoms with Gasteiger partial charge in [-0.25, -0.2) is 8.78 Å². The molecule has 0 spiro atoms. The van der Waals surface area contributed by atoms with Crippen molar-refractivity contribution in [3.8, 4) is 28.9 Å². The second-order valence-corrected chi connectivity index (χ2v) is 12.6. The molecule has 2 atom stereocenters. The molecule has 2 saturated heterocycles. The molecule has 2 aliphatic rings. The summed E-state index contributed by atoms with van der Waals surface area (Å²) < 4.78 is 49.8. The summed E-state index contributed by atoms with van der Waals surface area (Å²) in [5.41, 5.74) is 2.26. The van der Waals surface area contributed by atoms with Crippen molar-refractivity contribution in [2.75, 3.05) is 19.7 Å². The molecule has 4 aromatic carbocycles. The molecule has 48 heavy (non-hydrogen) atoms. The van der Waals surface area contributed by atoms with Crippen molar-refractivity contribution in [2.24, 2.45) is 0 Å². The van der Waals surface area contributed by atoms with Crippen LogP contribution in [0.2, 0.25) is 0 Å². The zero-order chi connectivity index (χ0) is 32.5. The standard InChI is InChI=1S/C39H34F2N4O3/c40-29-20-39(16-9-17-45(39)22-29)25-48-38-43-36-33(37(44-38)47-24-27-12-5-2-6-13-27)21-42-35(34(36)41)32-19-30(18-28-14-7-8-15-31(28)32)46-23-26-10-3-1-4-11-26/h1-8,10-15,18-19,21,29H,9,16-17,20,22-25H2/t29-,39+/m1/s1. The molecule has 0 N–H and O–H groups in total. The van der Waals surface area contributed by atoms with E-state index < -0.39 is 17.5 Å². The molecule has 6 aromatic rings. The van der Waals surface area contributed by atoms with Crippen molar-refractivity contribution in [2.45, 2.75) is 44.2 Å². The van der Waals surface area contributed by atoms with E-state index in [2.05, 4.69) is 19.9 Å². The van der Waals surface area contributed by atoms with Gasteiger partial charge < -0.3 is 14.2 Å². The minimum atomic E-state index is -0.899. The van der Waals surface area contributed by atoms with Crippen LogP contribution in [0.15, 0.2) is 103 Å². The summed E-state index contributed by atoms with van der Waals surface area (Å²) in [4.78, 5) is 15.9. The monoisotopic (exact) mass is 644 g/mol. The first-order valence-corrected chi connectivity index (χ1v) is 16.3. The van der Waals surface area contributed by atoms with E-state index in [-0.39, 0.29) is 36.3 Å². The summed E-state index contributed by atoms with van der Waals surface area (Å²) in [5.74, 6) is 0.132. The number of nitrogens with zero attached hydrogens (tertiary/aromatic N) is 4. The van der Waals surface area contributed by atoms with E-state index in [1.165, 1.54) is 0 Å². The summed E-state index contributed by atoms with van der Waals surface area (Å²) in [6.45, 7) is 2.02. The zero-order valence-corrected chi connectivity index (χ0v) is 26.3. The van der Waals surface area contributed by atoms with Crippen LogP contribution < -0.4 is 14.2 Å². The molecule has 0 aliphatic carbocycles. The number of benzene rings is 4. The van der Waals surface area contributed by atoms with Crippen LogP contribution in [0.4, 0.5) is 8.78 Å². The summed E-state index contributed by atoms with van der Waals surface area (Å²) in [5, 5.41) is 2.04. The van der Waals surface area contributed by atoms with Gasteiger partial charge in [0, 0.05) is 24.7 Å². The highest BCUT2D eigenvalue weighted by atomic mass is 19.1. The maximum atomic E-state index is 16.8.